The zero-order chi connectivity index (χ0) is 15.6. The second-order valence-corrected chi connectivity index (χ2v) is 5.64. The standard InChI is InChI=1S/C15H18N6O2.HI/c22-20-13-8-16-19-14(13)15-17-11-2-1-10(7-12(11)18-15)9-21-3-5-23-6-4-21;/h1-2,7-8H,3-6,9,20H2,(H,16,19)(H,17,18);1H/p-1. The molecule has 0 unspecified atom stereocenters. The second kappa shape index (κ2) is 7.57. The SMILES string of the molecule is [I-].[O-][NH2+]c1cn[nH]c1-c1nc2ccc(CN3CCOCC3)cc2[nH]1. The van der Waals surface area contributed by atoms with Crippen LogP contribution < -0.4 is 29.5 Å². The highest BCUT2D eigenvalue weighted by molar-refractivity contribution is 5.80. The number of halogens is 1. The number of nitrogens with two attached hydrogens (primary N) is 1. The molecule has 8 nitrogen and oxygen atoms in total. The number of imidazole rings is 1. The summed E-state index contributed by atoms with van der Waals surface area (Å²) >= 11 is 0. The van der Waals surface area contributed by atoms with Crippen LogP contribution in [0.2, 0.25) is 0 Å². The van der Waals surface area contributed by atoms with Crippen LogP contribution in [-0.4, -0.2) is 51.4 Å². The van der Waals surface area contributed by atoms with Crippen molar-refractivity contribution in [2.75, 3.05) is 26.3 Å². The van der Waals surface area contributed by atoms with Crippen LogP contribution in [0, 0.1) is 5.21 Å². The average molecular weight is 441 g/mol. The summed E-state index contributed by atoms with van der Waals surface area (Å²) in [7, 11) is 0. The smallest absolute Gasteiger partial charge is 0.179 e. The molecule has 1 aliphatic heterocycles. The molecular formula is C15H18IN6O2-. The lowest BCUT2D eigenvalue weighted by atomic mass is 10.2. The van der Waals surface area contributed by atoms with E-state index in [1.807, 2.05) is 6.07 Å². The minimum Gasteiger partial charge on any atom is -1.00 e. The van der Waals surface area contributed by atoms with Crippen molar-refractivity contribution in [3.05, 3.63) is 35.2 Å². The maximum Gasteiger partial charge on any atom is 0.179 e. The Hall–Kier alpha value is -1.53. The van der Waals surface area contributed by atoms with Gasteiger partial charge in [-0.2, -0.15) is 5.10 Å². The molecule has 0 aliphatic carbocycles. The van der Waals surface area contributed by atoms with Crippen LogP contribution in [-0.2, 0) is 11.3 Å². The number of fused-ring (bicyclic) bond motifs is 1. The lowest BCUT2D eigenvalue weighted by Crippen LogP contribution is -3.00. The van der Waals surface area contributed by atoms with Crippen molar-refractivity contribution in [1.29, 1.82) is 0 Å². The van der Waals surface area contributed by atoms with Gasteiger partial charge in [-0.1, -0.05) is 6.07 Å². The number of hydrogen-bond acceptors (Lipinski definition) is 5. The van der Waals surface area contributed by atoms with Crippen molar-refractivity contribution >= 4 is 16.7 Å². The quantitative estimate of drug-likeness (QED) is 0.306. The molecule has 1 saturated heterocycles. The molecule has 24 heavy (non-hydrogen) atoms. The van der Waals surface area contributed by atoms with E-state index in [4.69, 9.17) is 4.74 Å². The number of aromatic amines is 2. The van der Waals surface area contributed by atoms with Gasteiger partial charge in [-0.05, 0) is 17.7 Å². The number of quaternary nitrogens is 1. The van der Waals surface area contributed by atoms with Gasteiger partial charge in [0.25, 0.3) is 0 Å². The minimum absolute atomic E-state index is 0. The normalized spacial score (nSPS) is 15.5. The Labute approximate surface area is 155 Å². The van der Waals surface area contributed by atoms with Crippen LogP contribution in [0.4, 0.5) is 5.69 Å². The van der Waals surface area contributed by atoms with E-state index in [1.165, 1.54) is 11.8 Å². The summed E-state index contributed by atoms with van der Waals surface area (Å²) in [5, 5.41) is 17.8. The topological polar surface area (TPSA) is 110 Å². The Balaban J connectivity index is 0.00000169. The number of nitrogens with one attached hydrogen (secondary N) is 2. The van der Waals surface area contributed by atoms with Crippen molar-refractivity contribution in [2.24, 2.45) is 0 Å². The van der Waals surface area contributed by atoms with E-state index in [-0.39, 0.29) is 24.0 Å². The highest BCUT2D eigenvalue weighted by atomic mass is 127. The molecule has 0 spiro atoms. The largest absolute Gasteiger partial charge is 1.00 e. The number of nitrogens with zero attached hydrogens (tertiary/aromatic N) is 3. The van der Waals surface area contributed by atoms with E-state index in [1.54, 1.807) is 0 Å². The van der Waals surface area contributed by atoms with Crippen molar-refractivity contribution in [3.8, 4) is 11.5 Å². The minimum atomic E-state index is 0. The zero-order valence-corrected chi connectivity index (χ0v) is 15.1. The predicted molar refractivity (Wildman–Crippen MR) is 84.7 cm³/mol. The van der Waals surface area contributed by atoms with Crippen molar-refractivity contribution in [2.45, 2.75) is 6.54 Å². The summed E-state index contributed by atoms with van der Waals surface area (Å²) in [5.74, 6) is 0.628. The number of rotatable bonds is 4. The number of hydrogen-bond donors (Lipinski definition) is 3. The highest BCUT2D eigenvalue weighted by Gasteiger charge is 2.15. The molecule has 4 N–H and O–H groups in total. The molecule has 1 aromatic carbocycles. The lowest BCUT2D eigenvalue weighted by molar-refractivity contribution is -0.496. The molecule has 0 radical (unpaired) electrons. The molecule has 1 aliphatic rings. The maximum atomic E-state index is 11.0. The van der Waals surface area contributed by atoms with Gasteiger partial charge in [0.1, 0.15) is 6.20 Å². The van der Waals surface area contributed by atoms with Crippen LogP contribution in [0.25, 0.3) is 22.6 Å². The molecule has 0 amide bonds. The van der Waals surface area contributed by atoms with E-state index in [0.29, 0.717) is 17.2 Å². The van der Waals surface area contributed by atoms with Crippen LogP contribution in [0.3, 0.4) is 0 Å². The first kappa shape index (κ1) is 17.3. The van der Waals surface area contributed by atoms with Crippen LogP contribution in [0.1, 0.15) is 5.56 Å². The fraction of sp³-hybridized carbons (Fsp3) is 0.333. The number of benzene rings is 1. The first-order chi connectivity index (χ1) is 11.3. The summed E-state index contributed by atoms with van der Waals surface area (Å²) in [6.45, 7) is 4.42. The summed E-state index contributed by atoms with van der Waals surface area (Å²) in [6.07, 6.45) is 1.50. The summed E-state index contributed by atoms with van der Waals surface area (Å²) in [6, 6.07) is 6.20. The predicted octanol–water partition coefficient (Wildman–Crippen LogP) is -2.52. The third-order valence-electron chi connectivity index (χ3n) is 4.09. The summed E-state index contributed by atoms with van der Waals surface area (Å²) in [4.78, 5) is 10.2. The third-order valence-corrected chi connectivity index (χ3v) is 4.09. The molecule has 3 heterocycles. The Kier molecular flexibility index (Phi) is 5.46. The van der Waals surface area contributed by atoms with Crippen LogP contribution in [0.5, 0.6) is 0 Å². The molecule has 0 atom stereocenters. The Morgan fingerprint density at radius 2 is 2.12 bits per heavy atom. The molecular weight excluding hydrogens is 423 g/mol. The van der Waals surface area contributed by atoms with Gasteiger partial charge < -0.3 is 44.4 Å². The van der Waals surface area contributed by atoms with Gasteiger partial charge in [0, 0.05) is 19.6 Å². The fourth-order valence-electron chi connectivity index (χ4n) is 2.87. The molecule has 3 aromatic rings. The molecule has 1 fully saturated rings. The maximum absolute atomic E-state index is 11.0. The molecule has 9 heteroatoms. The van der Waals surface area contributed by atoms with E-state index < -0.39 is 0 Å². The molecule has 2 aromatic heterocycles. The van der Waals surface area contributed by atoms with Gasteiger partial charge in [-0.3, -0.25) is 10.00 Å². The molecule has 0 bridgehead atoms. The molecule has 128 valence electrons. The molecule has 4 rings (SSSR count). The molecule has 0 saturated carbocycles. The number of H-pyrrole nitrogens is 2. The second-order valence-electron chi connectivity index (χ2n) is 5.64. The Morgan fingerprint density at radius 3 is 2.92 bits per heavy atom. The van der Waals surface area contributed by atoms with E-state index in [9.17, 15) is 5.21 Å². The highest BCUT2D eigenvalue weighted by Crippen LogP contribution is 2.23. The fourth-order valence-corrected chi connectivity index (χ4v) is 2.87. The van der Waals surface area contributed by atoms with Gasteiger partial charge in [0.15, 0.2) is 17.2 Å². The first-order valence-electron chi connectivity index (χ1n) is 7.61. The lowest BCUT2D eigenvalue weighted by Gasteiger charge is -2.26. The van der Waals surface area contributed by atoms with Gasteiger partial charge in [0.2, 0.25) is 0 Å². The van der Waals surface area contributed by atoms with Crippen LogP contribution in [0.15, 0.2) is 24.4 Å². The van der Waals surface area contributed by atoms with Crippen molar-refractivity contribution in [1.82, 2.24) is 25.1 Å². The average Bonchev–Trinajstić information content (AvgIpc) is 3.21. The third kappa shape index (κ3) is 3.44. The van der Waals surface area contributed by atoms with Crippen molar-refractivity contribution < 1.29 is 34.2 Å². The monoisotopic (exact) mass is 441 g/mol. The van der Waals surface area contributed by atoms with Gasteiger partial charge in [-0.25, -0.2) is 4.98 Å². The number of ether oxygens (including phenoxy) is 1. The van der Waals surface area contributed by atoms with E-state index in [0.717, 1.165) is 49.4 Å². The number of aromatic nitrogens is 4. The number of morpholine rings is 1. The van der Waals surface area contributed by atoms with Crippen molar-refractivity contribution in [3.63, 3.8) is 0 Å². The Morgan fingerprint density at radius 1 is 1.29 bits per heavy atom. The van der Waals surface area contributed by atoms with Gasteiger partial charge >= 0.3 is 0 Å². The summed E-state index contributed by atoms with van der Waals surface area (Å²) in [5.41, 5.74) is 4.95. The Bertz CT molecular complexity index is 811. The van der Waals surface area contributed by atoms with Gasteiger partial charge in [0.05, 0.1) is 24.2 Å². The van der Waals surface area contributed by atoms with E-state index >= 15 is 0 Å². The van der Waals surface area contributed by atoms with Crippen LogP contribution >= 0.6 is 0 Å². The van der Waals surface area contributed by atoms with Gasteiger partial charge in [-0.15, -0.1) is 0 Å². The summed E-state index contributed by atoms with van der Waals surface area (Å²) < 4.78 is 5.38. The zero-order valence-electron chi connectivity index (χ0n) is 13.0. The van der Waals surface area contributed by atoms with E-state index in [2.05, 4.69) is 37.2 Å². The first-order valence-corrected chi connectivity index (χ1v) is 7.61.